The number of aryl methyl sites for hydroxylation is 1. The van der Waals surface area contributed by atoms with Crippen LogP contribution in [0, 0.1) is 0 Å². The lowest BCUT2D eigenvalue weighted by atomic mass is 10.1. The van der Waals surface area contributed by atoms with E-state index in [0.29, 0.717) is 18.0 Å². The summed E-state index contributed by atoms with van der Waals surface area (Å²) in [7, 11) is -1.83. The van der Waals surface area contributed by atoms with Gasteiger partial charge in [0.1, 0.15) is 0 Å². The molecule has 1 aromatic carbocycles. The molecule has 21 heavy (non-hydrogen) atoms. The Morgan fingerprint density at radius 2 is 2.00 bits per heavy atom. The zero-order valence-corrected chi connectivity index (χ0v) is 13.5. The SMILES string of the molecule is CC1OCCC1N(C)S(=O)(=O)c1ccc(CCCN)cc1. The number of ether oxygens (including phenoxy) is 1. The molecule has 5 nitrogen and oxygen atoms in total. The van der Waals surface area contributed by atoms with Crippen molar-refractivity contribution in [3.63, 3.8) is 0 Å². The molecule has 1 aromatic rings. The minimum absolute atomic E-state index is 0.0615. The van der Waals surface area contributed by atoms with Crippen LogP contribution >= 0.6 is 0 Å². The monoisotopic (exact) mass is 312 g/mol. The van der Waals surface area contributed by atoms with Gasteiger partial charge in [0.05, 0.1) is 17.0 Å². The van der Waals surface area contributed by atoms with E-state index in [-0.39, 0.29) is 12.1 Å². The molecule has 6 heteroatoms. The topological polar surface area (TPSA) is 72.6 Å². The van der Waals surface area contributed by atoms with E-state index in [4.69, 9.17) is 10.5 Å². The van der Waals surface area contributed by atoms with Crippen LogP contribution in [0.15, 0.2) is 29.2 Å². The van der Waals surface area contributed by atoms with Crippen LogP contribution in [0.4, 0.5) is 0 Å². The van der Waals surface area contributed by atoms with Gasteiger partial charge in [0.15, 0.2) is 0 Å². The van der Waals surface area contributed by atoms with Gasteiger partial charge in [-0.05, 0) is 50.4 Å². The van der Waals surface area contributed by atoms with E-state index in [1.165, 1.54) is 4.31 Å². The quantitative estimate of drug-likeness (QED) is 0.861. The smallest absolute Gasteiger partial charge is 0.243 e. The van der Waals surface area contributed by atoms with Crippen molar-refractivity contribution in [2.24, 2.45) is 5.73 Å². The maximum Gasteiger partial charge on any atom is 0.243 e. The second-order valence-electron chi connectivity index (χ2n) is 5.49. The number of nitrogens with zero attached hydrogens (tertiary/aromatic N) is 1. The highest BCUT2D eigenvalue weighted by atomic mass is 32.2. The van der Waals surface area contributed by atoms with Crippen molar-refractivity contribution >= 4 is 10.0 Å². The zero-order chi connectivity index (χ0) is 15.5. The summed E-state index contributed by atoms with van der Waals surface area (Å²) in [5.74, 6) is 0. The van der Waals surface area contributed by atoms with Crippen LogP contribution in [0.1, 0.15) is 25.3 Å². The number of likely N-dealkylation sites (N-methyl/N-ethyl adjacent to an activating group) is 1. The lowest BCUT2D eigenvalue weighted by Crippen LogP contribution is -2.40. The molecule has 1 heterocycles. The number of rotatable bonds is 6. The third-order valence-electron chi connectivity index (χ3n) is 4.07. The molecule has 0 aliphatic carbocycles. The zero-order valence-electron chi connectivity index (χ0n) is 12.7. The van der Waals surface area contributed by atoms with E-state index in [1.54, 1.807) is 19.2 Å². The first kappa shape index (κ1) is 16.4. The molecule has 0 bridgehead atoms. The lowest BCUT2D eigenvalue weighted by Gasteiger charge is -2.26. The first-order valence-electron chi connectivity index (χ1n) is 7.35. The highest BCUT2D eigenvalue weighted by molar-refractivity contribution is 7.89. The molecule has 1 aliphatic rings. The van der Waals surface area contributed by atoms with Gasteiger partial charge in [0.25, 0.3) is 0 Å². The molecule has 0 aromatic heterocycles. The maximum atomic E-state index is 12.6. The fourth-order valence-corrected chi connectivity index (χ4v) is 4.12. The van der Waals surface area contributed by atoms with Crippen LogP contribution < -0.4 is 5.73 Å². The molecule has 1 saturated heterocycles. The van der Waals surface area contributed by atoms with E-state index in [0.717, 1.165) is 24.8 Å². The summed E-state index contributed by atoms with van der Waals surface area (Å²) in [6.07, 6.45) is 2.46. The fraction of sp³-hybridized carbons (Fsp3) is 0.600. The van der Waals surface area contributed by atoms with Gasteiger partial charge in [0.2, 0.25) is 10.0 Å². The first-order chi connectivity index (χ1) is 9.96. The molecule has 2 unspecified atom stereocenters. The van der Waals surface area contributed by atoms with Gasteiger partial charge in [-0.2, -0.15) is 4.31 Å². The van der Waals surface area contributed by atoms with Crippen LogP contribution in [-0.4, -0.2) is 45.1 Å². The van der Waals surface area contributed by atoms with Crippen molar-refractivity contribution < 1.29 is 13.2 Å². The van der Waals surface area contributed by atoms with E-state index < -0.39 is 10.0 Å². The molecule has 2 rings (SSSR count). The van der Waals surface area contributed by atoms with Gasteiger partial charge in [-0.3, -0.25) is 0 Å². The fourth-order valence-electron chi connectivity index (χ4n) is 2.68. The summed E-state index contributed by atoms with van der Waals surface area (Å²) in [5.41, 5.74) is 6.59. The van der Waals surface area contributed by atoms with Crippen LogP contribution in [0.2, 0.25) is 0 Å². The van der Waals surface area contributed by atoms with Gasteiger partial charge in [-0.15, -0.1) is 0 Å². The van der Waals surface area contributed by atoms with Crippen molar-refractivity contribution in [2.75, 3.05) is 20.2 Å². The van der Waals surface area contributed by atoms with E-state index in [1.807, 2.05) is 19.1 Å². The van der Waals surface area contributed by atoms with Gasteiger partial charge in [0, 0.05) is 13.7 Å². The summed E-state index contributed by atoms with van der Waals surface area (Å²) in [4.78, 5) is 0.334. The number of benzene rings is 1. The predicted octanol–water partition coefficient (Wildman–Crippen LogP) is 1.38. The Labute approximate surface area is 127 Å². The minimum atomic E-state index is -3.46. The third kappa shape index (κ3) is 3.63. The number of nitrogens with two attached hydrogens (primary N) is 1. The molecular weight excluding hydrogens is 288 g/mol. The molecule has 0 saturated carbocycles. The van der Waals surface area contributed by atoms with Crippen molar-refractivity contribution in [2.45, 2.75) is 43.2 Å². The Hall–Kier alpha value is -0.950. The van der Waals surface area contributed by atoms with Gasteiger partial charge >= 0.3 is 0 Å². The van der Waals surface area contributed by atoms with E-state index in [9.17, 15) is 8.42 Å². The molecule has 2 N–H and O–H groups in total. The molecule has 1 fully saturated rings. The van der Waals surface area contributed by atoms with Gasteiger partial charge in [-0.1, -0.05) is 12.1 Å². The summed E-state index contributed by atoms with van der Waals surface area (Å²) in [6.45, 7) is 3.17. The average Bonchev–Trinajstić information content (AvgIpc) is 2.90. The summed E-state index contributed by atoms with van der Waals surface area (Å²) >= 11 is 0. The Morgan fingerprint density at radius 3 is 2.52 bits per heavy atom. The normalized spacial score (nSPS) is 22.9. The molecule has 1 aliphatic heterocycles. The van der Waals surface area contributed by atoms with Crippen molar-refractivity contribution in [1.29, 1.82) is 0 Å². The van der Waals surface area contributed by atoms with Crippen molar-refractivity contribution in [3.8, 4) is 0 Å². The highest BCUT2D eigenvalue weighted by Gasteiger charge is 2.35. The summed E-state index contributed by atoms with van der Waals surface area (Å²) in [5, 5.41) is 0. The average molecular weight is 312 g/mol. The number of hydrogen-bond acceptors (Lipinski definition) is 4. The molecule has 2 atom stereocenters. The minimum Gasteiger partial charge on any atom is -0.377 e. The number of hydrogen-bond donors (Lipinski definition) is 1. The second-order valence-corrected chi connectivity index (χ2v) is 7.49. The molecule has 0 radical (unpaired) electrons. The largest absolute Gasteiger partial charge is 0.377 e. The Balaban J connectivity index is 2.15. The highest BCUT2D eigenvalue weighted by Crippen LogP contribution is 2.25. The van der Waals surface area contributed by atoms with Crippen LogP contribution in [0.25, 0.3) is 0 Å². The van der Waals surface area contributed by atoms with Crippen LogP contribution in [-0.2, 0) is 21.2 Å². The summed E-state index contributed by atoms with van der Waals surface area (Å²) in [6, 6.07) is 7.00. The van der Waals surface area contributed by atoms with Crippen molar-refractivity contribution in [3.05, 3.63) is 29.8 Å². The number of sulfonamides is 1. The third-order valence-corrected chi connectivity index (χ3v) is 5.97. The molecule has 118 valence electrons. The van der Waals surface area contributed by atoms with Crippen LogP contribution in [0.5, 0.6) is 0 Å². The Morgan fingerprint density at radius 1 is 1.33 bits per heavy atom. The van der Waals surface area contributed by atoms with Crippen molar-refractivity contribution in [1.82, 2.24) is 4.31 Å². The Bertz CT molecular complexity index is 557. The summed E-state index contributed by atoms with van der Waals surface area (Å²) < 4.78 is 32.2. The predicted molar refractivity (Wildman–Crippen MR) is 82.6 cm³/mol. The van der Waals surface area contributed by atoms with E-state index >= 15 is 0 Å². The first-order valence-corrected chi connectivity index (χ1v) is 8.79. The van der Waals surface area contributed by atoms with Gasteiger partial charge in [-0.25, -0.2) is 8.42 Å². The second kappa shape index (κ2) is 6.87. The molecular formula is C15H24N2O3S. The van der Waals surface area contributed by atoms with E-state index in [2.05, 4.69) is 0 Å². The van der Waals surface area contributed by atoms with Gasteiger partial charge < -0.3 is 10.5 Å². The molecule has 0 spiro atoms. The maximum absolute atomic E-state index is 12.6. The lowest BCUT2D eigenvalue weighted by molar-refractivity contribution is 0.102. The Kier molecular flexibility index (Phi) is 5.37. The standard InChI is InChI=1S/C15H24N2O3S/c1-12-15(9-11-20-12)17(2)21(18,19)14-7-5-13(6-8-14)4-3-10-16/h5-8,12,15H,3-4,9-11,16H2,1-2H3. The molecule has 0 amide bonds. The van der Waals surface area contributed by atoms with Crippen LogP contribution in [0.3, 0.4) is 0 Å².